The summed E-state index contributed by atoms with van der Waals surface area (Å²) >= 11 is 1.56. The number of rotatable bonds is 4. The van der Waals surface area contributed by atoms with Crippen LogP contribution in [0.3, 0.4) is 0 Å². The lowest BCUT2D eigenvalue weighted by molar-refractivity contribution is -0.140. The van der Waals surface area contributed by atoms with Crippen LogP contribution in [0.2, 0.25) is 0 Å². The van der Waals surface area contributed by atoms with Gasteiger partial charge in [-0.05, 0) is 17.7 Å². The Balaban J connectivity index is 1.92. The molecule has 6 nitrogen and oxygen atoms in total. The van der Waals surface area contributed by atoms with Crippen LogP contribution >= 0.6 is 11.8 Å². The molecule has 3 rings (SSSR count). The van der Waals surface area contributed by atoms with E-state index in [-0.39, 0.29) is 29.3 Å². The minimum absolute atomic E-state index is 0.204. The number of carbonyl (C=O) groups excluding carboxylic acids is 2. The lowest BCUT2D eigenvalue weighted by atomic mass is 9.96. The number of halogens is 1. The summed E-state index contributed by atoms with van der Waals surface area (Å²) in [6, 6.07) is 5.82. The van der Waals surface area contributed by atoms with E-state index in [1.54, 1.807) is 41.9 Å². The Kier molecular flexibility index (Phi) is 5.12. The van der Waals surface area contributed by atoms with Crippen molar-refractivity contribution < 1.29 is 14.0 Å². The second-order valence-corrected chi connectivity index (χ2v) is 7.30. The number of hydrogen-bond donors (Lipinski definition) is 2. The van der Waals surface area contributed by atoms with Crippen LogP contribution in [-0.4, -0.2) is 53.1 Å². The zero-order valence-electron chi connectivity index (χ0n) is 14.1. The Morgan fingerprint density at radius 1 is 1.24 bits per heavy atom. The summed E-state index contributed by atoms with van der Waals surface area (Å²) in [6.45, 7) is 3.73. The lowest BCUT2D eigenvalue weighted by Crippen LogP contribution is -2.72. The average molecular weight is 364 g/mol. The average Bonchev–Trinajstić information content (AvgIpc) is 2.62. The molecule has 0 saturated carbocycles. The Morgan fingerprint density at radius 2 is 1.92 bits per heavy atom. The molecule has 2 fully saturated rings. The van der Waals surface area contributed by atoms with Crippen LogP contribution in [0.25, 0.3) is 0 Å². The summed E-state index contributed by atoms with van der Waals surface area (Å²) in [5.41, 5.74) is 0.844. The van der Waals surface area contributed by atoms with Gasteiger partial charge in [-0.3, -0.25) is 20.3 Å². The number of fused-ring (bicyclic) bond motifs is 1. The topological polar surface area (TPSA) is 64.7 Å². The minimum atomic E-state index is -0.435. The monoisotopic (exact) mass is 364 g/mol. The fourth-order valence-corrected chi connectivity index (χ4v) is 4.27. The third kappa shape index (κ3) is 3.29. The highest BCUT2D eigenvalue weighted by Gasteiger charge is 2.50. The van der Waals surface area contributed by atoms with Crippen molar-refractivity contribution in [3.63, 3.8) is 0 Å². The summed E-state index contributed by atoms with van der Waals surface area (Å²) in [7, 11) is 3.18. The normalized spacial score (nSPS) is 29.6. The van der Waals surface area contributed by atoms with Crippen molar-refractivity contribution in [3.05, 3.63) is 48.3 Å². The number of benzene rings is 1. The molecule has 3 amide bonds. The Bertz CT molecular complexity index is 684. The van der Waals surface area contributed by atoms with E-state index in [4.69, 9.17) is 0 Å². The molecule has 2 heterocycles. The fourth-order valence-electron chi connectivity index (χ4n) is 3.22. The molecule has 0 aliphatic carbocycles. The molecule has 1 aromatic rings. The number of amides is 3. The van der Waals surface area contributed by atoms with Crippen molar-refractivity contribution in [1.29, 1.82) is 0 Å². The predicted octanol–water partition coefficient (Wildman–Crippen LogP) is 1.73. The smallest absolute Gasteiger partial charge is 0.311 e. The molecule has 0 spiro atoms. The van der Waals surface area contributed by atoms with E-state index in [0.29, 0.717) is 5.75 Å². The number of imide groups is 1. The van der Waals surface area contributed by atoms with Crippen LogP contribution in [0.1, 0.15) is 11.7 Å². The zero-order chi connectivity index (χ0) is 18.1. The van der Waals surface area contributed by atoms with Crippen LogP contribution in [0.4, 0.5) is 9.18 Å². The highest BCUT2D eigenvalue weighted by molar-refractivity contribution is 8.00. The summed E-state index contributed by atoms with van der Waals surface area (Å²) in [6.07, 6.45) is 1.05. The van der Waals surface area contributed by atoms with E-state index in [9.17, 15) is 14.0 Å². The highest BCUT2D eigenvalue weighted by Crippen LogP contribution is 2.34. The number of carbonyl (C=O) groups is 2. The zero-order valence-corrected chi connectivity index (χ0v) is 14.9. The Morgan fingerprint density at radius 3 is 2.56 bits per heavy atom. The van der Waals surface area contributed by atoms with Crippen LogP contribution < -0.4 is 10.6 Å². The number of hydrogen-bond acceptors (Lipinski definition) is 5. The molecule has 134 valence electrons. The van der Waals surface area contributed by atoms with Gasteiger partial charge in [0, 0.05) is 19.8 Å². The van der Waals surface area contributed by atoms with Crippen LogP contribution in [-0.2, 0) is 4.79 Å². The molecular formula is C17H21FN4O2S. The molecule has 4 unspecified atom stereocenters. The van der Waals surface area contributed by atoms with Gasteiger partial charge in [-0.1, -0.05) is 18.2 Å². The SMILES string of the molecule is C=CCSC1NC(c2ccc(F)cc2)NC2C1C(=O)N(C)C(=O)N2C. The first-order chi connectivity index (χ1) is 11.9. The van der Waals surface area contributed by atoms with E-state index in [1.165, 1.54) is 19.2 Å². The maximum Gasteiger partial charge on any atom is 0.327 e. The molecular weight excluding hydrogens is 343 g/mol. The number of urea groups is 1. The second-order valence-electron chi connectivity index (χ2n) is 6.12. The lowest BCUT2D eigenvalue weighted by Gasteiger charge is -2.50. The fraction of sp³-hybridized carbons (Fsp3) is 0.412. The number of nitrogens with zero attached hydrogens (tertiary/aromatic N) is 2. The first-order valence-corrected chi connectivity index (χ1v) is 9.03. The minimum Gasteiger partial charge on any atom is -0.311 e. The van der Waals surface area contributed by atoms with Crippen molar-refractivity contribution in [2.24, 2.45) is 5.92 Å². The van der Waals surface area contributed by atoms with Gasteiger partial charge in [0.2, 0.25) is 5.91 Å². The van der Waals surface area contributed by atoms with Gasteiger partial charge >= 0.3 is 6.03 Å². The third-order valence-electron chi connectivity index (χ3n) is 4.55. The second kappa shape index (κ2) is 7.15. The van der Waals surface area contributed by atoms with E-state index in [1.807, 2.05) is 0 Å². The molecule has 0 radical (unpaired) electrons. The van der Waals surface area contributed by atoms with Crippen molar-refractivity contribution in [2.75, 3.05) is 19.8 Å². The van der Waals surface area contributed by atoms with E-state index in [0.717, 1.165) is 10.5 Å². The molecule has 2 aliphatic heterocycles. The van der Waals surface area contributed by atoms with Crippen molar-refractivity contribution in [2.45, 2.75) is 17.7 Å². The molecule has 8 heteroatoms. The van der Waals surface area contributed by atoms with Gasteiger partial charge in [0.05, 0.1) is 23.6 Å². The van der Waals surface area contributed by atoms with Crippen molar-refractivity contribution in [1.82, 2.24) is 20.4 Å². The van der Waals surface area contributed by atoms with Crippen LogP contribution in [0.5, 0.6) is 0 Å². The van der Waals surface area contributed by atoms with Gasteiger partial charge in [0.1, 0.15) is 5.82 Å². The summed E-state index contributed by atoms with van der Waals surface area (Å²) in [5.74, 6) is -0.274. The van der Waals surface area contributed by atoms with E-state index >= 15 is 0 Å². The maximum atomic E-state index is 13.2. The predicted molar refractivity (Wildman–Crippen MR) is 95.1 cm³/mol. The molecule has 2 saturated heterocycles. The third-order valence-corrected chi connectivity index (χ3v) is 5.77. The van der Waals surface area contributed by atoms with E-state index in [2.05, 4.69) is 17.2 Å². The summed E-state index contributed by atoms with van der Waals surface area (Å²) in [4.78, 5) is 27.7. The Hall–Kier alpha value is -1.90. The van der Waals surface area contributed by atoms with Crippen molar-refractivity contribution in [3.8, 4) is 0 Å². The van der Waals surface area contributed by atoms with Gasteiger partial charge in [-0.2, -0.15) is 0 Å². The molecule has 0 bridgehead atoms. The molecule has 4 atom stereocenters. The Labute approximate surface area is 150 Å². The largest absolute Gasteiger partial charge is 0.327 e. The quantitative estimate of drug-likeness (QED) is 0.797. The van der Waals surface area contributed by atoms with Crippen LogP contribution in [0.15, 0.2) is 36.9 Å². The first kappa shape index (κ1) is 17.9. The summed E-state index contributed by atoms with van der Waals surface area (Å²) < 4.78 is 13.2. The van der Waals surface area contributed by atoms with Gasteiger partial charge < -0.3 is 4.90 Å². The molecule has 2 N–H and O–H groups in total. The van der Waals surface area contributed by atoms with E-state index < -0.39 is 12.1 Å². The summed E-state index contributed by atoms with van der Waals surface area (Å²) in [5, 5.41) is 6.52. The molecule has 1 aromatic carbocycles. The molecule has 0 aromatic heterocycles. The van der Waals surface area contributed by atoms with Gasteiger partial charge in [0.15, 0.2) is 0 Å². The number of thioether (sulfide) groups is 1. The van der Waals surface area contributed by atoms with Gasteiger partial charge in [0.25, 0.3) is 0 Å². The van der Waals surface area contributed by atoms with Crippen molar-refractivity contribution >= 4 is 23.7 Å². The highest BCUT2D eigenvalue weighted by atomic mass is 32.2. The molecule has 25 heavy (non-hydrogen) atoms. The van der Waals surface area contributed by atoms with Crippen LogP contribution in [0, 0.1) is 11.7 Å². The molecule has 2 aliphatic rings. The van der Waals surface area contributed by atoms with Gasteiger partial charge in [-0.15, -0.1) is 18.3 Å². The van der Waals surface area contributed by atoms with Gasteiger partial charge in [-0.25, -0.2) is 9.18 Å². The first-order valence-electron chi connectivity index (χ1n) is 7.98. The standard InChI is InChI=1S/C17H21FN4O2S/c1-4-9-25-15-12-14(21(2)17(24)22(3)16(12)23)19-13(20-15)10-5-7-11(18)8-6-10/h4-8,12-15,19-20H,1,9H2,2-3H3. The maximum absolute atomic E-state index is 13.2. The number of nitrogens with one attached hydrogen (secondary N) is 2.